The van der Waals surface area contributed by atoms with E-state index in [1.54, 1.807) is 0 Å². The van der Waals surface area contributed by atoms with Gasteiger partial charge < -0.3 is 10.6 Å². The van der Waals surface area contributed by atoms with Crippen LogP contribution < -0.4 is 5.73 Å². The molecule has 1 atom stereocenters. The van der Waals surface area contributed by atoms with Gasteiger partial charge in [-0.3, -0.25) is 9.69 Å². The zero-order valence-electron chi connectivity index (χ0n) is 12.6. The van der Waals surface area contributed by atoms with Gasteiger partial charge in [-0.25, -0.2) is 0 Å². The van der Waals surface area contributed by atoms with E-state index in [0.29, 0.717) is 4.99 Å². The average molecular weight is 285 g/mol. The van der Waals surface area contributed by atoms with Crippen LogP contribution in [0, 0.1) is 5.41 Å². The van der Waals surface area contributed by atoms with Crippen molar-refractivity contribution in [1.82, 2.24) is 9.80 Å². The SMILES string of the molecule is CCN(CC)C(=O)C(C)N1CCC(C)(C(N)=S)CC1. The predicted molar refractivity (Wildman–Crippen MR) is 83.1 cm³/mol. The van der Waals surface area contributed by atoms with E-state index < -0.39 is 0 Å². The highest BCUT2D eigenvalue weighted by molar-refractivity contribution is 7.80. The van der Waals surface area contributed by atoms with Crippen LogP contribution >= 0.6 is 12.2 Å². The number of amides is 1. The van der Waals surface area contributed by atoms with Gasteiger partial charge in [0.15, 0.2) is 0 Å². The Kier molecular flexibility index (Phi) is 5.74. The Morgan fingerprint density at radius 2 is 1.84 bits per heavy atom. The first-order chi connectivity index (χ1) is 8.85. The van der Waals surface area contributed by atoms with Crippen molar-refractivity contribution < 1.29 is 4.79 Å². The molecular formula is C14H27N3OS. The molecule has 4 nitrogen and oxygen atoms in total. The normalized spacial score (nSPS) is 20.8. The zero-order chi connectivity index (χ0) is 14.6. The summed E-state index contributed by atoms with van der Waals surface area (Å²) in [6.45, 7) is 11.5. The Morgan fingerprint density at radius 3 is 2.21 bits per heavy atom. The fraction of sp³-hybridized carbons (Fsp3) is 0.857. The summed E-state index contributed by atoms with van der Waals surface area (Å²) in [5.41, 5.74) is 5.77. The number of thiocarbonyl (C=S) groups is 1. The third-order valence-corrected chi connectivity index (χ3v) is 4.97. The third-order valence-electron chi connectivity index (χ3n) is 4.48. The second-order valence-electron chi connectivity index (χ2n) is 5.65. The standard InChI is InChI=1S/C14H27N3OS/c1-5-16(6-2)12(18)11(3)17-9-7-14(4,8-10-17)13(15)19/h11H,5-10H2,1-4H3,(H2,15,19). The molecule has 110 valence electrons. The number of rotatable bonds is 5. The van der Waals surface area contributed by atoms with E-state index >= 15 is 0 Å². The minimum atomic E-state index is -0.0456. The van der Waals surface area contributed by atoms with E-state index in [1.807, 2.05) is 25.7 Å². The first-order valence-corrected chi connectivity index (χ1v) is 7.59. The highest BCUT2D eigenvalue weighted by atomic mass is 32.1. The van der Waals surface area contributed by atoms with Crippen LogP contribution in [0.5, 0.6) is 0 Å². The molecule has 0 aliphatic carbocycles. The lowest BCUT2D eigenvalue weighted by molar-refractivity contribution is -0.136. The second-order valence-corrected chi connectivity index (χ2v) is 6.09. The van der Waals surface area contributed by atoms with Crippen LogP contribution in [0.25, 0.3) is 0 Å². The Balaban J connectivity index is 2.60. The first kappa shape index (κ1) is 16.4. The van der Waals surface area contributed by atoms with E-state index in [0.717, 1.165) is 39.0 Å². The number of carbonyl (C=O) groups is 1. The number of hydrogen-bond acceptors (Lipinski definition) is 3. The Labute approximate surface area is 122 Å². The smallest absolute Gasteiger partial charge is 0.239 e. The predicted octanol–water partition coefficient (Wildman–Crippen LogP) is 1.63. The monoisotopic (exact) mass is 285 g/mol. The van der Waals surface area contributed by atoms with Gasteiger partial charge in [-0.1, -0.05) is 19.1 Å². The number of piperidine rings is 1. The fourth-order valence-electron chi connectivity index (χ4n) is 2.61. The van der Waals surface area contributed by atoms with E-state index in [9.17, 15) is 4.79 Å². The van der Waals surface area contributed by atoms with Gasteiger partial charge in [-0.2, -0.15) is 0 Å². The quantitative estimate of drug-likeness (QED) is 0.780. The van der Waals surface area contributed by atoms with Crippen molar-refractivity contribution in [2.75, 3.05) is 26.2 Å². The molecule has 0 aromatic carbocycles. The average Bonchev–Trinajstić information content (AvgIpc) is 2.40. The maximum atomic E-state index is 12.3. The number of nitrogens with two attached hydrogens (primary N) is 1. The van der Waals surface area contributed by atoms with Crippen LogP contribution in [0.15, 0.2) is 0 Å². The molecule has 1 heterocycles. The van der Waals surface area contributed by atoms with E-state index in [-0.39, 0.29) is 17.4 Å². The summed E-state index contributed by atoms with van der Waals surface area (Å²) < 4.78 is 0. The van der Waals surface area contributed by atoms with Crippen LogP contribution in [-0.2, 0) is 4.79 Å². The summed E-state index contributed by atoms with van der Waals surface area (Å²) in [5, 5.41) is 0. The van der Waals surface area contributed by atoms with E-state index in [4.69, 9.17) is 18.0 Å². The second kappa shape index (κ2) is 6.66. The molecule has 1 saturated heterocycles. The highest BCUT2D eigenvalue weighted by Gasteiger charge is 2.35. The molecule has 5 heteroatoms. The van der Waals surface area contributed by atoms with Crippen molar-refractivity contribution in [3.05, 3.63) is 0 Å². The summed E-state index contributed by atoms with van der Waals surface area (Å²) in [6.07, 6.45) is 1.89. The highest BCUT2D eigenvalue weighted by Crippen LogP contribution is 2.32. The molecule has 0 radical (unpaired) electrons. The van der Waals surface area contributed by atoms with Crippen molar-refractivity contribution in [2.45, 2.75) is 46.6 Å². The van der Waals surface area contributed by atoms with Gasteiger partial charge in [-0.15, -0.1) is 0 Å². The fourth-order valence-corrected chi connectivity index (χ4v) is 2.81. The number of likely N-dealkylation sites (tertiary alicyclic amines) is 1. The zero-order valence-corrected chi connectivity index (χ0v) is 13.4. The Hall–Kier alpha value is -0.680. The molecule has 0 aromatic rings. The van der Waals surface area contributed by atoms with Gasteiger partial charge in [0.1, 0.15) is 0 Å². The van der Waals surface area contributed by atoms with Gasteiger partial charge in [0.05, 0.1) is 11.0 Å². The minimum absolute atomic E-state index is 0.0379. The molecule has 0 bridgehead atoms. The maximum absolute atomic E-state index is 12.3. The minimum Gasteiger partial charge on any atom is -0.393 e. The topological polar surface area (TPSA) is 49.6 Å². The number of nitrogens with zero attached hydrogens (tertiary/aromatic N) is 2. The van der Waals surface area contributed by atoms with Crippen LogP contribution in [0.2, 0.25) is 0 Å². The summed E-state index contributed by atoms with van der Waals surface area (Å²) in [4.78, 5) is 17.1. The molecule has 0 spiro atoms. The van der Waals surface area contributed by atoms with Crippen LogP contribution in [-0.4, -0.2) is 52.9 Å². The van der Waals surface area contributed by atoms with Crippen LogP contribution in [0.1, 0.15) is 40.5 Å². The van der Waals surface area contributed by atoms with Gasteiger partial charge in [0.2, 0.25) is 5.91 Å². The van der Waals surface area contributed by atoms with Gasteiger partial charge in [-0.05, 0) is 46.7 Å². The van der Waals surface area contributed by atoms with E-state index in [2.05, 4.69) is 11.8 Å². The number of carbonyl (C=O) groups excluding carboxylic acids is 1. The van der Waals surface area contributed by atoms with Crippen LogP contribution in [0.3, 0.4) is 0 Å². The molecule has 19 heavy (non-hydrogen) atoms. The van der Waals surface area contributed by atoms with Crippen molar-refractivity contribution in [2.24, 2.45) is 11.1 Å². The van der Waals surface area contributed by atoms with Crippen molar-refractivity contribution >= 4 is 23.1 Å². The Bertz CT molecular complexity index is 334. The summed E-state index contributed by atoms with van der Waals surface area (Å²) in [7, 11) is 0. The molecule has 1 aliphatic rings. The maximum Gasteiger partial charge on any atom is 0.239 e. The lowest BCUT2D eigenvalue weighted by atomic mass is 9.80. The summed E-state index contributed by atoms with van der Waals surface area (Å²) in [6, 6.07) is -0.0456. The third kappa shape index (κ3) is 3.66. The number of likely N-dealkylation sites (N-methyl/N-ethyl adjacent to an activating group) is 1. The molecule has 2 N–H and O–H groups in total. The van der Waals surface area contributed by atoms with Crippen molar-refractivity contribution in [3.63, 3.8) is 0 Å². The first-order valence-electron chi connectivity index (χ1n) is 7.18. The molecular weight excluding hydrogens is 258 g/mol. The molecule has 1 amide bonds. The summed E-state index contributed by atoms with van der Waals surface area (Å²) in [5.74, 6) is 0.226. The van der Waals surface area contributed by atoms with E-state index in [1.165, 1.54) is 0 Å². The lowest BCUT2D eigenvalue weighted by Crippen LogP contribution is -2.52. The van der Waals surface area contributed by atoms with Gasteiger partial charge >= 0.3 is 0 Å². The molecule has 1 aliphatic heterocycles. The van der Waals surface area contributed by atoms with Crippen molar-refractivity contribution in [3.8, 4) is 0 Å². The molecule has 1 rings (SSSR count). The lowest BCUT2D eigenvalue weighted by Gasteiger charge is -2.41. The summed E-state index contributed by atoms with van der Waals surface area (Å²) >= 11 is 5.15. The van der Waals surface area contributed by atoms with Crippen molar-refractivity contribution in [1.29, 1.82) is 0 Å². The van der Waals surface area contributed by atoms with Crippen LogP contribution in [0.4, 0.5) is 0 Å². The van der Waals surface area contributed by atoms with Gasteiger partial charge in [0, 0.05) is 18.5 Å². The van der Waals surface area contributed by atoms with Gasteiger partial charge in [0.25, 0.3) is 0 Å². The Morgan fingerprint density at radius 1 is 1.37 bits per heavy atom. The molecule has 0 saturated carbocycles. The molecule has 1 unspecified atom stereocenters. The largest absolute Gasteiger partial charge is 0.393 e. The molecule has 1 fully saturated rings. The number of hydrogen-bond donors (Lipinski definition) is 1. The molecule has 0 aromatic heterocycles.